The van der Waals surface area contributed by atoms with Gasteiger partial charge in [-0.15, -0.1) is 0 Å². The summed E-state index contributed by atoms with van der Waals surface area (Å²) >= 11 is 0. The molecule has 0 aliphatic carbocycles. The number of piperidine rings is 1. The van der Waals surface area contributed by atoms with E-state index in [0.717, 1.165) is 25.2 Å². The second-order valence-corrected chi connectivity index (χ2v) is 8.60. The van der Waals surface area contributed by atoms with E-state index in [4.69, 9.17) is 0 Å². The van der Waals surface area contributed by atoms with Gasteiger partial charge in [0.2, 0.25) is 11.8 Å². The van der Waals surface area contributed by atoms with E-state index in [1.807, 2.05) is 9.80 Å². The van der Waals surface area contributed by atoms with Crippen LogP contribution in [-0.4, -0.2) is 36.3 Å². The number of carbonyl (C=O) groups is 2. The van der Waals surface area contributed by atoms with Crippen LogP contribution in [0.4, 0.5) is 5.69 Å². The zero-order valence-corrected chi connectivity index (χ0v) is 17.9. The van der Waals surface area contributed by atoms with Crippen LogP contribution in [0.15, 0.2) is 18.2 Å². The summed E-state index contributed by atoms with van der Waals surface area (Å²) < 4.78 is 0. The molecule has 1 atom stereocenters. The summed E-state index contributed by atoms with van der Waals surface area (Å²) in [4.78, 5) is 29.1. The Morgan fingerprint density at radius 1 is 1.15 bits per heavy atom. The Morgan fingerprint density at radius 2 is 1.74 bits per heavy atom. The van der Waals surface area contributed by atoms with Crippen LogP contribution >= 0.6 is 0 Å². The highest BCUT2D eigenvalue weighted by Gasteiger charge is 2.25. The second kappa shape index (κ2) is 9.38. The molecule has 1 aromatic rings. The van der Waals surface area contributed by atoms with Crippen molar-refractivity contribution in [3.05, 3.63) is 29.3 Å². The molecule has 1 aromatic carbocycles. The van der Waals surface area contributed by atoms with Crippen LogP contribution < -0.4 is 4.90 Å². The van der Waals surface area contributed by atoms with Gasteiger partial charge in [-0.3, -0.25) is 9.59 Å². The summed E-state index contributed by atoms with van der Waals surface area (Å²) in [7, 11) is 0. The van der Waals surface area contributed by atoms with Crippen molar-refractivity contribution in [2.24, 2.45) is 5.92 Å². The molecule has 0 radical (unpaired) electrons. The third-order valence-electron chi connectivity index (χ3n) is 5.55. The van der Waals surface area contributed by atoms with Crippen LogP contribution in [-0.2, 0) is 9.59 Å². The van der Waals surface area contributed by atoms with Crippen molar-refractivity contribution in [3.63, 3.8) is 0 Å². The number of carbonyl (C=O) groups excluding carboxylic acids is 2. The lowest BCUT2D eigenvalue weighted by atomic mass is 9.91. The topological polar surface area (TPSA) is 40.6 Å². The van der Waals surface area contributed by atoms with E-state index in [-0.39, 0.29) is 11.8 Å². The fourth-order valence-corrected chi connectivity index (χ4v) is 4.03. The first-order valence-corrected chi connectivity index (χ1v) is 10.4. The monoisotopic (exact) mass is 372 g/mol. The van der Waals surface area contributed by atoms with Crippen LogP contribution in [0.1, 0.15) is 83.8 Å². The molecular formula is C23H36N2O2. The van der Waals surface area contributed by atoms with Gasteiger partial charge in [-0.2, -0.15) is 0 Å². The van der Waals surface area contributed by atoms with Gasteiger partial charge in [0.05, 0.1) is 5.69 Å². The Labute approximate surface area is 164 Å². The zero-order chi connectivity index (χ0) is 20.1. The zero-order valence-electron chi connectivity index (χ0n) is 17.9. The molecule has 2 amide bonds. The number of para-hydroxylation sites is 1. The number of amides is 2. The Balaban J connectivity index is 2.25. The summed E-state index contributed by atoms with van der Waals surface area (Å²) in [6.45, 7) is 14.6. The molecule has 1 fully saturated rings. The maximum absolute atomic E-state index is 12.7. The van der Waals surface area contributed by atoms with Crippen molar-refractivity contribution in [3.8, 4) is 0 Å². The first-order valence-electron chi connectivity index (χ1n) is 10.4. The van der Waals surface area contributed by atoms with Crippen LogP contribution in [0.3, 0.4) is 0 Å². The van der Waals surface area contributed by atoms with Gasteiger partial charge in [-0.1, -0.05) is 52.8 Å². The third-order valence-corrected chi connectivity index (χ3v) is 5.55. The third kappa shape index (κ3) is 5.33. The van der Waals surface area contributed by atoms with E-state index in [9.17, 15) is 9.59 Å². The molecule has 1 unspecified atom stereocenters. The van der Waals surface area contributed by atoms with Gasteiger partial charge >= 0.3 is 0 Å². The lowest BCUT2D eigenvalue weighted by Gasteiger charge is -2.33. The number of rotatable bonds is 6. The maximum Gasteiger partial charge on any atom is 0.224 e. The Bertz CT molecular complexity index is 640. The van der Waals surface area contributed by atoms with Gasteiger partial charge in [-0.05, 0) is 41.7 Å². The summed E-state index contributed by atoms with van der Waals surface area (Å²) in [5.74, 6) is 1.38. The van der Waals surface area contributed by atoms with Crippen molar-refractivity contribution < 1.29 is 9.59 Å². The van der Waals surface area contributed by atoms with Crippen LogP contribution in [0, 0.1) is 5.92 Å². The number of nitrogens with zero attached hydrogens (tertiary/aromatic N) is 2. The lowest BCUT2D eigenvalue weighted by Crippen LogP contribution is -2.41. The Kier molecular flexibility index (Phi) is 7.46. The van der Waals surface area contributed by atoms with E-state index in [2.05, 4.69) is 52.8 Å². The molecule has 1 aliphatic rings. The average Bonchev–Trinajstić information content (AvgIpc) is 2.61. The predicted molar refractivity (Wildman–Crippen MR) is 112 cm³/mol. The fourth-order valence-electron chi connectivity index (χ4n) is 4.03. The summed E-state index contributed by atoms with van der Waals surface area (Å²) in [5.41, 5.74) is 3.36. The molecular weight excluding hydrogens is 336 g/mol. The normalized spacial score (nSPS) is 17.5. The highest BCUT2D eigenvalue weighted by molar-refractivity contribution is 5.94. The van der Waals surface area contributed by atoms with E-state index in [0.29, 0.717) is 30.7 Å². The van der Waals surface area contributed by atoms with Crippen LogP contribution in [0.5, 0.6) is 0 Å². The van der Waals surface area contributed by atoms with Gasteiger partial charge < -0.3 is 9.80 Å². The largest absolute Gasteiger partial charge is 0.342 e. The van der Waals surface area contributed by atoms with Crippen molar-refractivity contribution in [2.75, 3.05) is 24.5 Å². The van der Waals surface area contributed by atoms with Gasteiger partial charge in [0, 0.05) is 33.0 Å². The molecule has 0 N–H and O–H groups in total. The van der Waals surface area contributed by atoms with Crippen molar-refractivity contribution in [2.45, 2.75) is 72.6 Å². The smallest absolute Gasteiger partial charge is 0.224 e. The van der Waals surface area contributed by atoms with E-state index >= 15 is 0 Å². The molecule has 150 valence electrons. The SMILES string of the molecule is CC(=O)N(CCC(=O)N1CCCC(C)C1)c1c(C(C)C)cccc1C(C)C. The fraction of sp³-hybridized carbons (Fsp3) is 0.652. The summed E-state index contributed by atoms with van der Waals surface area (Å²) in [5, 5.41) is 0. The van der Waals surface area contributed by atoms with Gasteiger partial charge in [0.1, 0.15) is 0 Å². The molecule has 2 rings (SSSR count). The standard InChI is InChI=1S/C23H36N2O2/c1-16(2)20-10-7-11-21(17(3)4)23(20)25(19(6)26)14-12-22(27)24-13-8-9-18(5)15-24/h7,10-11,16-18H,8-9,12-15H2,1-6H3. The molecule has 1 saturated heterocycles. The highest BCUT2D eigenvalue weighted by atomic mass is 16.2. The number of hydrogen-bond donors (Lipinski definition) is 0. The van der Waals surface area contributed by atoms with Crippen LogP contribution in [0.25, 0.3) is 0 Å². The second-order valence-electron chi connectivity index (χ2n) is 8.60. The van der Waals surface area contributed by atoms with Crippen molar-refractivity contribution in [1.82, 2.24) is 4.90 Å². The van der Waals surface area contributed by atoms with E-state index < -0.39 is 0 Å². The quantitative estimate of drug-likeness (QED) is 0.710. The predicted octanol–water partition coefficient (Wildman–Crippen LogP) is 4.93. The van der Waals surface area contributed by atoms with Gasteiger partial charge in [0.25, 0.3) is 0 Å². The number of benzene rings is 1. The maximum atomic E-state index is 12.7. The minimum Gasteiger partial charge on any atom is -0.342 e. The number of likely N-dealkylation sites (tertiary alicyclic amines) is 1. The molecule has 4 heteroatoms. The first kappa shape index (κ1) is 21.5. The van der Waals surface area contributed by atoms with Gasteiger partial charge in [0.15, 0.2) is 0 Å². The van der Waals surface area contributed by atoms with Crippen molar-refractivity contribution >= 4 is 17.5 Å². The molecule has 0 bridgehead atoms. The molecule has 0 saturated carbocycles. The molecule has 4 nitrogen and oxygen atoms in total. The molecule has 27 heavy (non-hydrogen) atoms. The number of anilines is 1. The summed E-state index contributed by atoms with van der Waals surface area (Å²) in [6, 6.07) is 6.29. The van der Waals surface area contributed by atoms with Crippen molar-refractivity contribution in [1.29, 1.82) is 0 Å². The molecule has 1 heterocycles. The van der Waals surface area contributed by atoms with E-state index in [1.165, 1.54) is 17.5 Å². The first-order chi connectivity index (χ1) is 12.7. The van der Waals surface area contributed by atoms with Gasteiger partial charge in [-0.25, -0.2) is 0 Å². The minimum absolute atomic E-state index is 0.00446. The van der Waals surface area contributed by atoms with E-state index in [1.54, 1.807) is 6.92 Å². The average molecular weight is 373 g/mol. The Hall–Kier alpha value is -1.84. The number of hydrogen-bond acceptors (Lipinski definition) is 2. The Morgan fingerprint density at radius 3 is 2.22 bits per heavy atom. The van der Waals surface area contributed by atoms with Crippen LogP contribution in [0.2, 0.25) is 0 Å². The lowest BCUT2D eigenvalue weighted by molar-refractivity contribution is -0.132. The molecule has 1 aliphatic heterocycles. The highest BCUT2D eigenvalue weighted by Crippen LogP contribution is 2.35. The minimum atomic E-state index is 0.00446. The molecule has 0 aromatic heterocycles. The molecule has 0 spiro atoms. The summed E-state index contributed by atoms with van der Waals surface area (Å²) in [6.07, 6.45) is 2.66.